The molecule has 1 aromatic rings. The molecule has 0 aromatic carbocycles. The van der Waals surface area contributed by atoms with Gasteiger partial charge in [0, 0.05) is 6.42 Å². The molecule has 170 valence electrons. The Bertz CT molecular complexity index is 751. The summed E-state index contributed by atoms with van der Waals surface area (Å²) in [6.07, 6.45) is 4.73. The van der Waals surface area contributed by atoms with Gasteiger partial charge in [-0.05, 0) is 46.8 Å². The predicted molar refractivity (Wildman–Crippen MR) is 121 cm³/mol. The highest BCUT2D eigenvalue weighted by atomic mass is 16.2. The van der Waals surface area contributed by atoms with E-state index in [1.807, 2.05) is 0 Å². The first-order chi connectivity index (χ1) is 13.5. The minimum Gasteiger partial charge on any atom is -0.274 e. The van der Waals surface area contributed by atoms with Crippen LogP contribution < -0.4 is 4.90 Å². The van der Waals surface area contributed by atoms with Crippen LogP contribution in [-0.4, -0.2) is 27.0 Å². The van der Waals surface area contributed by atoms with Crippen molar-refractivity contribution in [3.8, 4) is 0 Å². The molecule has 2 atom stereocenters. The van der Waals surface area contributed by atoms with Gasteiger partial charge in [0.05, 0.1) is 5.92 Å². The Labute approximate surface area is 182 Å². The summed E-state index contributed by atoms with van der Waals surface area (Å²) in [5, 5.41) is 6.47. The molecule has 1 aromatic heterocycles. The third-order valence-corrected chi connectivity index (χ3v) is 7.46. The lowest BCUT2D eigenvalue weighted by molar-refractivity contribution is -0.124. The van der Waals surface area contributed by atoms with Crippen molar-refractivity contribution in [2.24, 2.45) is 33.5 Å². The fourth-order valence-electron chi connectivity index (χ4n) is 4.40. The topological polar surface area (TPSA) is 79.0 Å². The second-order valence-electron chi connectivity index (χ2n) is 12.7. The number of carbonyl (C=O) groups excluding carboxylic acids is 2. The lowest BCUT2D eigenvalue weighted by Gasteiger charge is -2.48. The first-order valence-electron chi connectivity index (χ1n) is 11.2. The van der Waals surface area contributed by atoms with E-state index in [1.165, 1.54) is 11.2 Å². The number of carbonyl (C=O) groups is 2. The first kappa shape index (κ1) is 24.5. The molecule has 6 heteroatoms. The third-order valence-electron chi connectivity index (χ3n) is 7.46. The van der Waals surface area contributed by atoms with Gasteiger partial charge in [0.1, 0.15) is 6.33 Å². The number of aromatic nitrogens is 3. The lowest BCUT2D eigenvalue weighted by atomic mass is 9.57. The number of aromatic amines is 1. The van der Waals surface area contributed by atoms with Crippen LogP contribution in [-0.2, 0) is 9.59 Å². The van der Waals surface area contributed by atoms with E-state index >= 15 is 0 Å². The minimum atomic E-state index is -0.333. The van der Waals surface area contributed by atoms with E-state index in [1.54, 1.807) is 0 Å². The number of hydrogen-bond donors (Lipinski definition) is 1. The second-order valence-corrected chi connectivity index (χ2v) is 12.7. The van der Waals surface area contributed by atoms with Crippen LogP contribution >= 0.6 is 0 Å². The molecule has 1 fully saturated rings. The van der Waals surface area contributed by atoms with Crippen LogP contribution in [0.15, 0.2) is 6.33 Å². The molecule has 0 radical (unpaired) electrons. The quantitative estimate of drug-likeness (QED) is 0.583. The van der Waals surface area contributed by atoms with Crippen molar-refractivity contribution in [2.45, 2.75) is 94.9 Å². The molecule has 0 spiro atoms. The first-order valence-corrected chi connectivity index (χ1v) is 11.2. The number of nitrogens with zero attached hydrogens (tertiary/aromatic N) is 3. The van der Waals surface area contributed by atoms with Crippen molar-refractivity contribution in [3.05, 3.63) is 6.33 Å². The molecular formula is C24H42N4O2. The average molecular weight is 419 g/mol. The molecule has 1 N–H and O–H groups in total. The van der Waals surface area contributed by atoms with Crippen LogP contribution in [0, 0.1) is 33.5 Å². The Morgan fingerprint density at radius 1 is 1.00 bits per heavy atom. The van der Waals surface area contributed by atoms with Gasteiger partial charge in [-0.25, -0.2) is 10.00 Å². The molecule has 1 saturated heterocycles. The van der Waals surface area contributed by atoms with Crippen molar-refractivity contribution in [3.63, 3.8) is 0 Å². The van der Waals surface area contributed by atoms with Gasteiger partial charge in [0.2, 0.25) is 17.8 Å². The van der Waals surface area contributed by atoms with Gasteiger partial charge in [-0.3, -0.25) is 9.59 Å². The van der Waals surface area contributed by atoms with E-state index in [2.05, 4.69) is 84.4 Å². The highest BCUT2D eigenvalue weighted by Gasteiger charge is 2.50. The molecule has 2 heterocycles. The van der Waals surface area contributed by atoms with Crippen molar-refractivity contribution >= 4 is 17.8 Å². The van der Waals surface area contributed by atoms with Crippen molar-refractivity contribution in [1.82, 2.24) is 15.2 Å². The van der Waals surface area contributed by atoms with Gasteiger partial charge in [-0.15, -0.1) is 0 Å². The monoisotopic (exact) mass is 418 g/mol. The van der Waals surface area contributed by atoms with Gasteiger partial charge >= 0.3 is 0 Å². The second kappa shape index (κ2) is 8.08. The van der Waals surface area contributed by atoms with Crippen LogP contribution in [0.2, 0.25) is 0 Å². The number of nitrogens with one attached hydrogen (secondary N) is 1. The van der Waals surface area contributed by atoms with Crippen LogP contribution in [0.5, 0.6) is 0 Å². The summed E-state index contributed by atoms with van der Waals surface area (Å²) in [5.41, 5.74) is 0.316. The van der Waals surface area contributed by atoms with Crippen LogP contribution in [0.3, 0.4) is 0 Å². The van der Waals surface area contributed by atoms with E-state index in [-0.39, 0.29) is 52.3 Å². The van der Waals surface area contributed by atoms with E-state index in [4.69, 9.17) is 0 Å². The zero-order chi connectivity index (χ0) is 23.1. The highest BCUT2D eigenvalue weighted by molar-refractivity contribution is 6.20. The number of imide groups is 1. The molecular weight excluding hydrogens is 376 g/mol. The predicted octanol–water partition coefficient (Wildman–Crippen LogP) is 5.62. The minimum absolute atomic E-state index is 0.0131. The fourth-order valence-corrected chi connectivity index (χ4v) is 4.40. The van der Waals surface area contributed by atoms with E-state index < -0.39 is 0 Å². The Morgan fingerprint density at radius 2 is 1.60 bits per heavy atom. The largest absolute Gasteiger partial charge is 0.274 e. The van der Waals surface area contributed by atoms with E-state index in [9.17, 15) is 9.59 Å². The van der Waals surface area contributed by atoms with Crippen LogP contribution in [0.1, 0.15) is 94.9 Å². The number of amides is 2. The maximum absolute atomic E-state index is 13.3. The molecule has 0 bridgehead atoms. The third kappa shape index (κ3) is 5.30. The molecule has 30 heavy (non-hydrogen) atoms. The molecule has 1 aliphatic heterocycles. The summed E-state index contributed by atoms with van der Waals surface area (Å²) in [6.45, 7) is 22.8. The van der Waals surface area contributed by atoms with Crippen molar-refractivity contribution in [1.29, 1.82) is 0 Å². The lowest BCUT2D eigenvalue weighted by Crippen LogP contribution is -2.42. The summed E-state index contributed by atoms with van der Waals surface area (Å²) in [5.74, 6) is -0.364. The standard InChI is InChI=1S/C24H42N4O2/c1-21(2,3)11-12-23(7,8)24(9,10)14-17(22(4,5)6)16-13-18(29)28(19(16)30)20-25-15-26-27-20/h15-17H,11-14H2,1-10H3,(H,25,26,27). The molecule has 2 amide bonds. The molecule has 2 rings (SSSR count). The number of H-pyrrole nitrogens is 1. The Balaban J connectivity index is 2.28. The summed E-state index contributed by atoms with van der Waals surface area (Å²) < 4.78 is 0. The van der Waals surface area contributed by atoms with Gasteiger partial charge in [-0.2, -0.15) is 10.1 Å². The summed E-state index contributed by atoms with van der Waals surface area (Å²) in [6, 6.07) is 0. The Kier molecular flexibility index (Phi) is 6.61. The molecule has 0 saturated carbocycles. The average Bonchev–Trinajstić information content (AvgIpc) is 3.17. The Hall–Kier alpha value is -1.72. The fraction of sp³-hybridized carbons (Fsp3) is 0.833. The number of hydrogen-bond acceptors (Lipinski definition) is 4. The van der Waals surface area contributed by atoms with Gasteiger partial charge in [-0.1, -0.05) is 69.2 Å². The summed E-state index contributed by atoms with van der Waals surface area (Å²) in [7, 11) is 0. The zero-order valence-corrected chi connectivity index (χ0v) is 20.7. The molecule has 0 aliphatic carbocycles. The number of anilines is 1. The maximum atomic E-state index is 13.3. The highest BCUT2D eigenvalue weighted by Crippen LogP contribution is 2.52. The summed E-state index contributed by atoms with van der Waals surface area (Å²) in [4.78, 5) is 31.3. The molecule has 6 nitrogen and oxygen atoms in total. The molecule has 2 unspecified atom stereocenters. The normalized spacial score (nSPS) is 20.2. The van der Waals surface area contributed by atoms with Gasteiger partial charge in [0.15, 0.2) is 0 Å². The van der Waals surface area contributed by atoms with E-state index in [0.29, 0.717) is 5.41 Å². The zero-order valence-electron chi connectivity index (χ0n) is 20.7. The number of rotatable bonds is 7. The Morgan fingerprint density at radius 3 is 2.07 bits per heavy atom. The van der Waals surface area contributed by atoms with Gasteiger partial charge < -0.3 is 0 Å². The van der Waals surface area contributed by atoms with Crippen LogP contribution in [0.25, 0.3) is 0 Å². The maximum Gasteiger partial charge on any atom is 0.240 e. The molecule has 1 aliphatic rings. The SMILES string of the molecule is CC(C)(C)CCC(C)(C)C(C)(C)CC(C1CC(=O)N(c2ncn[nH]2)C1=O)C(C)(C)C. The van der Waals surface area contributed by atoms with Crippen molar-refractivity contribution < 1.29 is 9.59 Å². The smallest absolute Gasteiger partial charge is 0.240 e. The summed E-state index contributed by atoms with van der Waals surface area (Å²) >= 11 is 0. The van der Waals surface area contributed by atoms with Crippen LogP contribution in [0.4, 0.5) is 5.95 Å². The van der Waals surface area contributed by atoms with E-state index in [0.717, 1.165) is 19.3 Å². The van der Waals surface area contributed by atoms with Gasteiger partial charge in [0.25, 0.3) is 0 Å². The van der Waals surface area contributed by atoms with Crippen molar-refractivity contribution in [2.75, 3.05) is 4.90 Å².